The van der Waals surface area contributed by atoms with Gasteiger partial charge in [-0.2, -0.15) is 0 Å². The van der Waals surface area contributed by atoms with E-state index in [1.54, 1.807) is 16.2 Å². The summed E-state index contributed by atoms with van der Waals surface area (Å²) in [5.74, 6) is -0.0955. The lowest BCUT2D eigenvalue weighted by atomic mass is 9.64. The number of nitrogens with zero attached hydrogens (tertiary/aromatic N) is 2. The molecule has 6 nitrogen and oxygen atoms in total. The van der Waals surface area contributed by atoms with Crippen molar-refractivity contribution in [2.75, 3.05) is 13.1 Å². The van der Waals surface area contributed by atoms with Gasteiger partial charge in [-0.3, -0.25) is 14.5 Å². The lowest BCUT2D eigenvalue weighted by Crippen LogP contribution is -2.54. The second-order valence-corrected chi connectivity index (χ2v) is 9.78. The van der Waals surface area contributed by atoms with Crippen molar-refractivity contribution in [3.63, 3.8) is 0 Å². The Kier molecular flexibility index (Phi) is 5.34. The van der Waals surface area contributed by atoms with E-state index in [1.807, 2.05) is 24.4 Å². The van der Waals surface area contributed by atoms with Gasteiger partial charge in [-0.05, 0) is 49.0 Å². The topological polar surface area (TPSA) is 69.7 Å². The SMILES string of the molecule is CCN(Cc1cccs1)C(=O)CN1C(=O)NC2(CC(C)CC(C)(C)C2)C1=O. The van der Waals surface area contributed by atoms with Crippen molar-refractivity contribution in [1.82, 2.24) is 15.1 Å². The zero-order valence-corrected chi connectivity index (χ0v) is 17.4. The molecule has 1 aromatic heterocycles. The van der Waals surface area contributed by atoms with Crippen molar-refractivity contribution < 1.29 is 14.4 Å². The molecule has 0 radical (unpaired) electrons. The minimum absolute atomic E-state index is 0.0186. The fourth-order valence-electron chi connectivity index (χ4n) is 4.85. The maximum absolute atomic E-state index is 13.2. The van der Waals surface area contributed by atoms with Crippen LogP contribution in [0.2, 0.25) is 0 Å². The van der Waals surface area contributed by atoms with Crippen LogP contribution in [0, 0.1) is 11.3 Å². The van der Waals surface area contributed by atoms with Gasteiger partial charge in [0.2, 0.25) is 5.91 Å². The normalized spacial score (nSPS) is 27.1. The number of urea groups is 1. The van der Waals surface area contributed by atoms with Gasteiger partial charge in [-0.25, -0.2) is 4.79 Å². The lowest BCUT2D eigenvalue weighted by Gasteiger charge is -2.43. The largest absolute Gasteiger partial charge is 0.336 e. The summed E-state index contributed by atoms with van der Waals surface area (Å²) in [6.07, 6.45) is 2.28. The molecule has 1 aliphatic carbocycles. The fourth-order valence-corrected chi connectivity index (χ4v) is 5.57. The lowest BCUT2D eigenvalue weighted by molar-refractivity contribution is -0.141. The van der Waals surface area contributed by atoms with Crippen LogP contribution in [0.1, 0.15) is 51.8 Å². The Hall–Kier alpha value is -1.89. The molecule has 27 heavy (non-hydrogen) atoms. The molecule has 2 fully saturated rings. The first-order valence-corrected chi connectivity index (χ1v) is 10.5. The molecule has 1 aromatic rings. The summed E-state index contributed by atoms with van der Waals surface area (Å²) >= 11 is 1.59. The maximum Gasteiger partial charge on any atom is 0.325 e. The third kappa shape index (κ3) is 4.03. The molecule has 3 rings (SSSR count). The van der Waals surface area contributed by atoms with Crippen LogP contribution in [0.5, 0.6) is 0 Å². The Morgan fingerprint density at radius 1 is 1.37 bits per heavy atom. The average Bonchev–Trinajstić information content (AvgIpc) is 3.13. The van der Waals surface area contributed by atoms with Gasteiger partial charge >= 0.3 is 6.03 Å². The van der Waals surface area contributed by atoms with Gasteiger partial charge in [0.15, 0.2) is 0 Å². The number of hydrogen-bond donors (Lipinski definition) is 1. The predicted octanol–water partition coefficient (Wildman–Crippen LogP) is 3.23. The monoisotopic (exact) mass is 391 g/mol. The highest BCUT2D eigenvalue weighted by Gasteiger charge is 2.56. The van der Waals surface area contributed by atoms with Crippen LogP contribution in [-0.2, 0) is 16.1 Å². The minimum atomic E-state index is -0.858. The molecule has 7 heteroatoms. The molecule has 1 saturated carbocycles. The van der Waals surface area contributed by atoms with Gasteiger partial charge in [-0.15, -0.1) is 11.3 Å². The second kappa shape index (κ2) is 7.26. The zero-order chi connectivity index (χ0) is 19.8. The van der Waals surface area contributed by atoms with Crippen molar-refractivity contribution in [2.24, 2.45) is 11.3 Å². The van der Waals surface area contributed by atoms with Crippen LogP contribution in [0.25, 0.3) is 0 Å². The third-order valence-electron chi connectivity index (χ3n) is 5.58. The molecule has 0 aromatic carbocycles. The van der Waals surface area contributed by atoms with Crippen LogP contribution in [0.4, 0.5) is 4.79 Å². The first-order valence-electron chi connectivity index (χ1n) is 9.60. The van der Waals surface area contributed by atoms with Gasteiger partial charge in [-0.1, -0.05) is 26.8 Å². The van der Waals surface area contributed by atoms with Gasteiger partial charge in [0, 0.05) is 11.4 Å². The number of imide groups is 1. The van der Waals surface area contributed by atoms with Crippen molar-refractivity contribution in [2.45, 2.75) is 59.0 Å². The van der Waals surface area contributed by atoms with Crippen molar-refractivity contribution in [1.29, 1.82) is 0 Å². The molecule has 148 valence electrons. The summed E-state index contributed by atoms with van der Waals surface area (Å²) in [5, 5.41) is 4.90. The van der Waals surface area contributed by atoms with E-state index in [1.165, 1.54) is 0 Å². The average molecular weight is 392 g/mol. The standard InChI is InChI=1S/C20H29N3O3S/c1-5-22(11-15-7-6-8-27-15)16(24)12-23-17(25)20(21-18(23)26)10-14(2)9-19(3,4)13-20/h6-8,14H,5,9-13H2,1-4H3,(H,21,26). The Bertz CT molecular complexity index is 731. The van der Waals surface area contributed by atoms with E-state index < -0.39 is 11.6 Å². The predicted molar refractivity (Wildman–Crippen MR) is 105 cm³/mol. The van der Waals surface area contributed by atoms with Crippen LogP contribution >= 0.6 is 11.3 Å². The minimum Gasteiger partial charge on any atom is -0.336 e. The first-order chi connectivity index (χ1) is 12.7. The van der Waals surface area contributed by atoms with Crippen molar-refractivity contribution in [3.8, 4) is 0 Å². The van der Waals surface area contributed by atoms with Gasteiger partial charge in [0.1, 0.15) is 12.1 Å². The van der Waals surface area contributed by atoms with E-state index in [0.717, 1.165) is 16.2 Å². The zero-order valence-electron chi connectivity index (χ0n) is 16.6. The number of rotatable bonds is 5. The molecular weight excluding hydrogens is 362 g/mol. The Labute approximate surface area is 164 Å². The van der Waals surface area contributed by atoms with Crippen LogP contribution < -0.4 is 5.32 Å². The second-order valence-electron chi connectivity index (χ2n) is 8.75. The van der Waals surface area contributed by atoms with E-state index >= 15 is 0 Å². The molecule has 1 spiro atoms. The fraction of sp³-hybridized carbons (Fsp3) is 0.650. The number of hydrogen-bond acceptors (Lipinski definition) is 4. The van der Waals surface area contributed by atoms with E-state index in [-0.39, 0.29) is 23.8 Å². The number of carbonyl (C=O) groups is 3. The number of likely N-dealkylation sites (N-methyl/N-ethyl adjacent to an activating group) is 1. The number of thiophene rings is 1. The van der Waals surface area contributed by atoms with Crippen LogP contribution in [0.15, 0.2) is 17.5 Å². The Morgan fingerprint density at radius 3 is 2.70 bits per heavy atom. The molecule has 1 saturated heterocycles. The highest BCUT2D eigenvalue weighted by Crippen LogP contribution is 2.46. The van der Waals surface area contributed by atoms with E-state index in [2.05, 4.69) is 26.1 Å². The highest BCUT2D eigenvalue weighted by atomic mass is 32.1. The summed E-state index contributed by atoms with van der Waals surface area (Å²) in [7, 11) is 0. The molecule has 0 bridgehead atoms. The molecule has 2 atom stereocenters. The molecule has 4 amide bonds. The van der Waals surface area contributed by atoms with E-state index in [9.17, 15) is 14.4 Å². The Balaban J connectivity index is 1.72. The summed E-state index contributed by atoms with van der Waals surface area (Å²) < 4.78 is 0. The smallest absolute Gasteiger partial charge is 0.325 e. The highest BCUT2D eigenvalue weighted by molar-refractivity contribution is 7.09. The summed E-state index contributed by atoms with van der Waals surface area (Å²) in [6, 6.07) is 3.49. The number of nitrogens with one attached hydrogen (secondary N) is 1. The molecule has 2 aliphatic rings. The van der Waals surface area contributed by atoms with Gasteiger partial charge < -0.3 is 10.2 Å². The van der Waals surface area contributed by atoms with E-state index in [4.69, 9.17) is 0 Å². The molecule has 1 aliphatic heterocycles. The summed E-state index contributed by atoms with van der Waals surface area (Å²) in [4.78, 5) is 42.4. The molecule has 2 heterocycles. The Morgan fingerprint density at radius 2 is 2.11 bits per heavy atom. The molecular formula is C20H29N3O3S. The number of amides is 4. The third-order valence-corrected chi connectivity index (χ3v) is 6.44. The quantitative estimate of drug-likeness (QED) is 0.784. The van der Waals surface area contributed by atoms with E-state index in [0.29, 0.717) is 31.8 Å². The maximum atomic E-state index is 13.2. The van der Waals surface area contributed by atoms with Crippen molar-refractivity contribution in [3.05, 3.63) is 22.4 Å². The van der Waals surface area contributed by atoms with Crippen LogP contribution in [-0.4, -0.2) is 46.3 Å². The molecule has 1 N–H and O–H groups in total. The molecule has 2 unspecified atom stereocenters. The number of carbonyl (C=O) groups excluding carboxylic acids is 3. The first kappa shape index (κ1) is 19.9. The summed E-state index contributed by atoms with van der Waals surface area (Å²) in [6.45, 7) is 9.15. The van der Waals surface area contributed by atoms with Gasteiger partial charge in [0.25, 0.3) is 5.91 Å². The van der Waals surface area contributed by atoms with Crippen molar-refractivity contribution >= 4 is 29.2 Å². The van der Waals surface area contributed by atoms with Gasteiger partial charge in [0.05, 0.1) is 6.54 Å². The summed E-state index contributed by atoms with van der Waals surface area (Å²) in [5.41, 5.74) is -0.876. The van der Waals surface area contributed by atoms with Crippen LogP contribution in [0.3, 0.4) is 0 Å².